The van der Waals surface area contributed by atoms with E-state index in [0.717, 1.165) is 41.9 Å². The fourth-order valence-electron chi connectivity index (χ4n) is 5.34. The van der Waals surface area contributed by atoms with Gasteiger partial charge in [-0.3, -0.25) is 9.59 Å². The van der Waals surface area contributed by atoms with Crippen molar-refractivity contribution in [3.05, 3.63) is 77.7 Å². The van der Waals surface area contributed by atoms with Crippen LogP contribution in [0.15, 0.2) is 61.1 Å². The number of carbonyl (C=O) groups excluding carboxylic acids is 2. The number of benzene rings is 1. The predicted molar refractivity (Wildman–Crippen MR) is 149 cm³/mol. The van der Waals surface area contributed by atoms with Crippen molar-refractivity contribution >= 4 is 39.9 Å². The molecule has 3 aromatic heterocycles. The third kappa shape index (κ3) is 4.50. The highest BCUT2D eigenvalue weighted by Crippen LogP contribution is 2.42. The quantitative estimate of drug-likeness (QED) is 0.286. The van der Waals surface area contributed by atoms with Gasteiger partial charge in [0.05, 0.1) is 12.1 Å². The molecule has 1 amide bonds. The highest BCUT2D eigenvalue weighted by atomic mass is 16.1. The van der Waals surface area contributed by atoms with E-state index in [-0.39, 0.29) is 23.0 Å². The number of ketones is 1. The number of nitrogens with zero attached hydrogens (tertiary/aromatic N) is 3. The van der Waals surface area contributed by atoms with Gasteiger partial charge in [-0.2, -0.15) is 0 Å². The van der Waals surface area contributed by atoms with Crippen LogP contribution in [0.25, 0.3) is 11.0 Å². The Morgan fingerprint density at radius 3 is 2.79 bits per heavy atom. The predicted octanol–water partition coefficient (Wildman–Crippen LogP) is 3.71. The van der Waals surface area contributed by atoms with Crippen molar-refractivity contribution in [3.63, 3.8) is 0 Å². The van der Waals surface area contributed by atoms with Crippen molar-refractivity contribution in [3.8, 4) is 0 Å². The fraction of sp³-hybridized carbons (Fsp3) is 0.310. The third-order valence-electron chi connectivity index (χ3n) is 7.54. The third-order valence-corrected chi connectivity index (χ3v) is 7.54. The molecule has 194 valence electrons. The normalized spacial score (nSPS) is 16.2. The number of rotatable bonds is 8. The lowest BCUT2D eigenvalue weighted by atomic mass is 9.87. The number of aromatic amines is 1. The van der Waals surface area contributed by atoms with Crippen molar-refractivity contribution < 1.29 is 9.59 Å². The summed E-state index contributed by atoms with van der Waals surface area (Å²) in [5, 5.41) is 10.6. The highest BCUT2D eigenvalue weighted by molar-refractivity contribution is 6.07. The molecule has 9 heteroatoms. The van der Waals surface area contributed by atoms with E-state index in [0.29, 0.717) is 30.2 Å². The van der Waals surface area contributed by atoms with Crippen LogP contribution in [0.5, 0.6) is 0 Å². The first-order chi connectivity index (χ1) is 18.4. The molecule has 1 aromatic carbocycles. The lowest BCUT2D eigenvalue weighted by molar-refractivity contribution is -0.122. The molecule has 0 atom stereocenters. The number of Topliss-reactive ketones (excluding diaryl/α,β-unsaturated/α-hetero) is 1. The molecule has 0 aliphatic carbocycles. The summed E-state index contributed by atoms with van der Waals surface area (Å²) in [4.78, 5) is 40.1. The number of aromatic nitrogens is 3. The molecule has 0 radical (unpaired) electrons. The minimum Gasteiger partial charge on any atom is -0.365 e. The second-order valence-corrected chi connectivity index (χ2v) is 10.7. The average Bonchev–Trinajstić information content (AvgIpc) is 3.44. The monoisotopic (exact) mass is 509 g/mol. The first kappa shape index (κ1) is 24.1. The minimum absolute atomic E-state index is 0.0751. The first-order valence-electron chi connectivity index (χ1n) is 12.9. The van der Waals surface area contributed by atoms with Crippen molar-refractivity contribution in [2.24, 2.45) is 5.92 Å². The lowest BCUT2D eigenvalue weighted by Crippen LogP contribution is -2.49. The standard InChI is InChI=1S/C29H31N7O2/c1-29(2)17-36(16-25(37)19-13-30-14-19)24-12-20(5-6-23(24)29)35-28(38)22-4-3-9-31-27(22)34-15-18-7-10-32-26-21(18)8-11-33-26/h3-12,19,30H,13-17H2,1-2H3,(H,31,34)(H,32,33)(H,35,38). The van der Waals surface area contributed by atoms with Crippen LogP contribution < -0.4 is 20.9 Å². The maximum atomic E-state index is 13.4. The summed E-state index contributed by atoms with van der Waals surface area (Å²) >= 11 is 0. The molecular weight excluding hydrogens is 478 g/mol. The number of nitrogens with one attached hydrogen (secondary N) is 4. The van der Waals surface area contributed by atoms with E-state index in [2.05, 4.69) is 55.7 Å². The van der Waals surface area contributed by atoms with Crippen molar-refractivity contribution in [1.82, 2.24) is 20.3 Å². The molecule has 2 aliphatic rings. The second-order valence-electron chi connectivity index (χ2n) is 10.7. The number of amides is 1. The Bertz CT molecular complexity index is 1520. The zero-order chi connectivity index (χ0) is 26.3. The zero-order valence-electron chi connectivity index (χ0n) is 21.5. The van der Waals surface area contributed by atoms with E-state index < -0.39 is 0 Å². The van der Waals surface area contributed by atoms with Gasteiger partial charge < -0.3 is 25.8 Å². The highest BCUT2D eigenvalue weighted by Gasteiger charge is 2.37. The molecule has 4 N–H and O–H groups in total. The number of H-pyrrole nitrogens is 1. The number of hydrogen-bond acceptors (Lipinski definition) is 7. The van der Waals surface area contributed by atoms with Gasteiger partial charge in [-0.05, 0) is 47.5 Å². The molecule has 2 aliphatic heterocycles. The SMILES string of the molecule is CC1(C)CN(CC(=O)C2CNC2)c2cc(NC(=O)c3cccnc3NCc3ccnc4[nH]ccc34)ccc21. The molecule has 0 bridgehead atoms. The Kier molecular flexibility index (Phi) is 6.07. The molecule has 1 fully saturated rings. The molecule has 0 spiro atoms. The van der Waals surface area contributed by atoms with Gasteiger partial charge in [-0.1, -0.05) is 19.9 Å². The van der Waals surface area contributed by atoms with Crippen LogP contribution in [0.3, 0.4) is 0 Å². The van der Waals surface area contributed by atoms with Crippen LogP contribution in [0.1, 0.15) is 35.3 Å². The van der Waals surface area contributed by atoms with E-state index in [9.17, 15) is 9.59 Å². The Morgan fingerprint density at radius 2 is 1.97 bits per heavy atom. The first-order valence-corrected chi connectivity index (χ1v) is 12.9. The molecular formula is C29H31N7O2. The molecule has 38 heavy (non-hydrogen) atoms. The van der Waals surface area contributed by atoms with Gasteiger partial charge in [0.15, 0.2) is 5.78 Å². The number of anilines is 3. The van der Waals surface area contributed by atoms with Gasteiger partial charge in [0.1, 0.15) is 11.5 Å². The summed E-state index contributed by atoms with van der Waals surface area (Å²) in [6, 6.07) is 13.4. The van der Waals surface area contributed by atoms with E-state index >= 15 is 0 Å². The molecule has 5 heterocycles. The van der Waals surface area contributed by atoms with Gasteiger partial charge in [-0.15, -0.1) is 0 Å². The van der Waals surface area contributed by atoms with Gasteiger partial charge in [0.2, 0.25) is 0 Å². The molecule has 4 aromatic rings. The summed E-state index contributed by atoms with van der Waals surface area (Å²) in [5.74, 6) is 0.623. The Balaban J connectivity index is 1.20. The summed E-state index contributed by atoms with van der Waals surface area (Å²) in [6.45, 7) is 7.57. The number of pyridine rings is 2. The molecule has 0 unspecified atom stereocenters. The molecule has 1 saturated heterocycles. The van der Waals surface area contributed by atoms with Gasteiger partial charge >= 0.3 is 0 Å². The Morgan fingerprint density at radius 1 is 1.11 bits per heavy atom. The van der Waals surface area contributed by atoms with E-state index in [4.69, 9.17) is 0 Å². The van der Waals surface area contributed by atoms with Crippen LogP contribution >= 0.6 is 0 Å². The second kappa shape index (κ2) is 9.57. The van der Waals surface area contributed by atoms with Crippen LogP contribution in [0.4, 0.5) is 17.2 Å². The number of fused-ring (bicyclic) bond motifs is 2. The minimum atomic E-state index is -0.248. The topological polar surface area (TPSA) is 115 Å². The van der Waals surface area contributed by atoms with E-state index in [1.54, 1.807) is 24.5 Å². The Hall–Kier alpha value is -4.24. The maximum Gasteiger partial charge on any atom is 0.259 e. The van der Waals surface area contributed by atoms with Gasteiger partial charge in [0, 0.05) is 72.9 Å². The summed E-state index contributed by atoms with van der Waals surface area (Å²) < 4.78 is 0. The number of hydrogen-bond donors (Lipinski definition) is 4. The van der Waals surface area contributed by atoms with Crippen molar-refractivity contribution in [2.75, 3.05) is 41.7 Å². The largest absolute Gasteiger partial charge is 0.365 e. The van der Waals surface area contributed by atoms with Crippen LogP contribution in [0.2, 0.25) is 0 Å². The smallest absolute Gasteiger partial charge is 0.259 e. The van der Waals surface area contributed by atoms with Crippen LogP contribution in [-0.2, 0) is 16.8 Å². The van der Waals surface area contributed by atoms with Crippen molar-refractivity contribution in [1.29, 1.82) is 0 Å². The molecule has 6 rings (SSSR count). The maximum absolute atomic E-state index is 13.4. The van der Waals surface area contributed by atoms with Crippen molar-refractivity contribution in [2.45, 2.75) is 25.8 Å². The molecule has 9 nitrogen and oxygen atoms in total. The van der Waals surface area contributed by atoms with Gasteiger partial charge in [0.25, 0.3) is 5.91 Å². The molecule has 0 saturated carbocycles. The number of carbonyl (C=O) groups is 2. The lowest BCUT2D eigenvalue weighted by Gasteiger charge is -2.29. The van der Waals surface area contributed by atoms with E-state index in [1.165, 1.54) is 5.56 Å². The summed E-state index contributed by atoms with van der Waals surface area (Å²) in [7, 11) is 0. The van der Waals surface area contributed by atoms with Crippen LogP contribution in [-0.4, -0.2) is 52.8 Å². The Labute approximate surface area is 221 Å². The summed E-state index contributed by atoms with van der Waals surface area (Å²) in [6.07, 6.45) is 5.29. The zero-order valence-corrected chi connectivity index (χ0v) is 21.5. The van der Waals surface area contributed by atoms with E-state index in [1.807, 2.05) is 30.5 Å². The summed E-state index contributed by atoms with van der Waals surface area (Å²) in [5.41, 5.74) is 5.14. The van der Waals surface area contributed by atoms with Crippen LogP contribution in [0, 0.1) is 5.92 Å². The fourth-order valence-corrected chi connectivity index (χ4v) is 5.34. The van der Waals surface area contributed by atoms with Gasteiger partial charge in [-0.25, -0.2) is 9.97 Å². The average molecular weight is 510 g/mol.